The first-order chi connectivity index (χ1) is 24.5. The number of nitrogens with zero attached hydrogens (tertiary/aromatic N) is 6. The van der Waals surface area contributed by atoms with Crippen molar-refractivity contribution in [1.82, 2.24) is 28.9 Å². The fourth-order valence-electron chi connectivity index (χ4n) is 7.40. The van der Waals surface area contributed by atoms with Gasteiger partial charge in [0.2, 0.25) is 5.91 Å². The van der Waals surface area contributed by atoms with E-state index in [-0.39, 0.29) is 41.6 Å². The van der Waals surface area contributed by atoms with E-state index in [1.54, 1.807) is 29.0 Å². The van der Waals surface area contributed by atoms with E-state index >= 15 is 0 Å². The number of aryl methyl sites for hydroxylation is 2. The van der Waals surface area contributed by atoms with Crippen LogP contribution in [0.2, 0.25) is 0 Å². The Morgan fingerprint density at radius 2 is 1.78 bits per heavy atom. The molecule has 0 bridgehead atoms. The molecule has 264 valence electrons. The smallest absolute Gasteiger partial charge is 0.410 e. The zero-order chi connectivity index (χ0) is 35.9. The zero-order valence-corrected chi connectivity index (χ0v) is 29.2. The van der Waals surface area contributed by atoms with Crippen LogP contribution in [0.25, 0.3) is 21.5 Å². The van der Waals surface area contributed by atoms with Crippen LogP contribution in [0.3, 0.4) is 0 Å². The van der Waals surface area contributed by atoms with Crippen molar-refractivity contribution in [3.8, 4) is 10.4 Å². The summed E-state index contributed by atoms with van der Waals surface area (Å²) in [6.45, 7) is 3.54. The minimum Gasteiger partial charge on any atom is -0.465 e. The SMILES string of the molecule is Cc1cc(C(=O)N2CC[C@@H](C(=O)N3CCC(O)(Cn4cnc5c(ccn5C)c4=O)CC3)[C@H](c3ccccc3)C2)sc1-c1ccnc(NC(=O)O)c1. The monoisotopic (exact) mass is 709 g/mol. The summed E-state index contributed by atoms with van der Waals surface area (Å²) < 4.78 is 3.24. The number of likely N-dealkylation sites (tertiary alicyclic amines) is 2. The Balaban J connectivity index is 1.05. The second-order valence-corrected chi connectivity index (χ2v) is 14.6. The molecule has 2 fully saturated rings. The highest BCUT2D eigenvalue weighted by atomic mass is 32.1. The van der Waals surface area contributed by atoms with Crippen LogP contribution in [-0.2, 0) is 18.4 Å². The fourth-order valence-corrected chi connectivity index (χ4v) is 8.53. The molecule has 4 aromatic heterocycles. The van der Waals surface area contributed by atoms with Gasteiger partial charge in [-0.15, -0.1) is 11.3 Å². The predicted octanol–water partition coefficient (Wildman–Crippen LogP) is 4.56. The zero-order valence-electron chi connectivity index (χ0n) is 28.4. The van der Waals surface area contributed by atoms with Crippen LogP contribution < -0.4 is 10.9 Å². The molecular weight excluding hydrogens is 671 g/mol. The highest BCUT2D eigenvalue weighted by Gasteiger charge is 2.42. The number of thiophene rings is 1. The maximum Gasteiger partial charge on any atom is 0.410 e. The number of hydrogen-bond acceptors (Lipinski definition) is 8. The molecule has 2 aliphatic rings. The van der Waals surface area contributed by atoms with Crippen LogP contribution in [0, 0.1) is 12.8 Å². The van der Waals surface area contributed by atoms with Gasteiger partial charge in [-0.1, -0.05) is 30.3 Å². The van der Waals surface area contributed by atoms with Gasteiger partial charge < -0.3 is 24.6 Å². The molecule has 0 saturated carbocycles. The van der Waals surface area contributed by atoms with E-state index < -0.39 is 11.7 Å². The van der Waals surface area contributed by atoms with Crippen LogP contribution in [0.4, 0.5) is 10.6 Å². The van der Waals surface area contributed by atoms with Gasteiger partial charge in [-0.2, -0.15) is 0 Å². The number of carbonyl (C=O) groups is 3. The summed E-state index contributed by atoms with van der Waals surface area (Å²) in [5.41, 5.74) is 1.89. The third-order valence-electron chi connectivity index (χ3n) is 10.2. The molecule has 0 radical (unpaired) electrons. The number of piperidine rings is 2. The lowest BCUT2D eigenvalue weighted by molar-refractivity contribution is -0.142. The number of carbonyl (C=O) groups excluding carboxylic acids is 2. The Hall–Kier alpha value is -5.34. The number of amides is 3. The summed E-state index contributed by atoms with van der Waals surface area (Å²) in [5.74, 6) is -0.451. The number of nitrogens with one attached hydrogen (secondary N) is 1. The van der Waals surface area contributed by atoms with Gasteiger partial charge in [0.1, 0.15) is 17.8 Å². The van der Waals surface area contributed by atoms with Gasteiger partial charge in [0.25, 0.3) is 11.5 Å². The third kappa shape index (κ3) is 6.88. The number of pyridine rings is 1. The molecule has 7 rings (SSSR count). The van der Waals surface area contributed by atoms with Crippen LogP contribution >= 0.6 is 11.3 Å². The van der Waals surface area contributed by atoms with E-state index in [2.05, 4.69) is 15.3 Å². The maximum absolute atomic E-state index is 14.2. The number of carboxylic acid groups (broad SMARTS) is 1. The molecule has 13 nitrogen and oxygen atoms in total. The summed E-state index contributed by atoms with van der Waals surface area (Å²) in [6.07, 6.45) is 4.74. The van der Waals surface area contributed by atoms with Crippen molar-refractivity contribution < 1.29 is 24.6 Å². The number of aromatic nitrogens is 4. The van der Waals surface area contributed by atoms with Crippen molar-refractivity contribution in [3.05, 3.63) is 99.7 Å². The predicted molar refractivity (Wildman–Crippen MR) is 193 cm³/mol. The average molecular weight is 710 g/mol. The first-order valence-corrected chi connectivity index (χ1v) is 17.7. The molecule has 14 heteroatoms. The van der Waals surface area contributed by atoms with Crippen molar-refractivity contribution >= 4 is 46.1 Å². The third-order valence-corrected chi connectivity index (χ3v) is 11.4. The van der Waals surface area contributed by atoms with Crippen molar-refractivity contribution in [1.29, 1.82) is 0 Å². The first kappa shape index (κ1) is 34.1. The Bertz CT molecular complexity index is 2170. The van der Waals surface area contributed by atoms with Crippen LogP contribution in [0.5, 0.6) is 0 Å². The topological polar surface area (TPSA) is 163 Å². The lowest BCUT2D eigenvalue weighted by Crippen LogP contribution is -2.53. The number of aliphatic hydroxyl groups is 1. The lowest BCUT2D eigenvalue weighted by atomic mass is 9.79. The normalized spacial score (nSPS) is 18.9. The summed E-state index contributed by atoms with van der Waals surface area (Å²) in [7, 11) is 1.83. The van der Waals surface area contributed by atoms with Gasteiger partial charge in [0.05, 0.1) is 22.4 Å². The number of benzene rings is 1. The standard InChI is InChI=1S/C37H39N7O6S/c1-23-18-29(51-31(23)25-8-13-38-30(19-25)40-36(48)49)35(47)43-15-10-26(28(20-43)24-6-4-3-5-7-24)33(45)42-16-11-37(50,12-17-42)21-44-22-39-32-27(34(44)46)9-14-41(32)2/h3-9,13-14,18-19,22,26,28,50H,10-12,15-17,20-21H2,1-2H3,(H,38,40)(H,48,49)/t26-,28+/m1/s1. The average Bonchev–Trinajstić information content (AvgIpc) is 3.71. The van der Waals surface area contributed by atoms with Gasteiger partial charge in [0, 0.05) is 62.3 Å². The van der Waals surface area contributed by atoms with Gasteiger partial charge in [-0.05, 0) is 67.1 Å². The Morgan fingerprint density at radius 1 is 1.02 bits per heavy atom. The summed E-state index contributed by atoms with van der Waals surface area (Å²) in [4.78, 5) is 65.9. The second kappa shape index (κ2) is 13.8. The Morgan fingerprint density at radius 3 is 2.53 bits per heavy atom. The summed E-state index contributed by atoms with van der Waals surface area (Å²) >= 11 is 1.35. The van der Waals surface area contributed by atoms with E-state index in [1.165, 1.54) is 28.4 Å². The molecule has 0 spiro atoms. The summed E-state index contributed by atoms with van der Waals surface area (Å²) in [5, 5.41) is 23.4. The van der Waals surface area contributed by atoms with Crippen LogP contribution in [0.1, 0.15) is 46.0 Å². The first-order valence-electron chi connectivity index (χ1n) is 16.9. The molecule has 51 heavy (non-hydrogen) atoms. The number of hydrogen-bond donors (Lipinski definition) is 3. The minimum atomic E-state index is -1.21. The van der Waals surface area contributed by atoms with E-state index in [9.17, 15) is 24.3 Å². The van der Waals surface area contributed by atoms with Crippen molar-refractivity contribution in [2.24, 2.45) is 13.0 Å². The van der Waals surface area contributed by atoms with Gasteiger partial charge in [-0.3, -0.25) is 24.3 Å². The largest absolute Gasteiger partial charge is 0.465 e. The second-order valence-electron chi connectivity index (χ2n) is 13.5. The molecular formula is C37H39N7O6S. The Labute approximate surface area is 297 Å². The van der Waals surface area contributed by atoms with Gasteiger partial charge in [0.15, 0.2) is 0 Å². The molecule has 2 aliphatic heterocycles. The molecule has 2 saturated heterocycles. The Kier molecular flexibility index (Phi) is 9.21. The van der Waals surface area contributed by atoms with E-state index in [0.29, 0.717) is 61.4 Å². The quantitative estimate of drug-likeness (QED) is 0.222. The van der Waals surface area contributed by atoms with Crippen LogP contribution in [-0.4, -0.2) is 88.8 Å². The molecule has 1 aromatic carbocycles. The van der Waals surface area contributed by atoms with E-state index in [1.807, 2.05) is 60.2 Å². The molecule has 2 atom stereocenters. The maximum atomic E-state index is 14.2. The minimum absolute atomic E-state index is 0.0141. The molecule has 5 aromatic rings. The molecule has 3 amide bonds. The van der Waals surface area contributed by atoms with E-state index in [0.717, 1.165) is 21.6 Å². The van der Waals surface area contributed by atoms with Crippen molar-refractivity contribution in [2.45, 2.75) is 44.2 Å². The molecule has 0 unspecified atom stereocenters. The summed E-state index contributed by atoms with van der Waals surface area (Å²) in [6, 6.07) is 16.8. The lowest BCUT2D eigenvalue weighted by Gasteiger charge is -2.43. The number of fused-ring (bicyclic) bond motifs is 1. The fraction of sp³-hybridized carbons (Fsp3) is 0.351. The molecule has 0 aliphatic carbocycles. The van der Waals surface area contributed by atoms with Crippen molar-refractivity contribution in [2.75, 3.05) is 31.5 Å². The highest BCUT2D eigenvalue weighted by Crippen LogP contribution is 2.38. The van der Waals surface area contributed by atoms with Crippen molar-refractivity contribution in [3.63, 3.8) is 0 Å². The highest BCUT2D eigenvalue weighted by molar-refractivity contribution is 7.17. The van der Waals surface area contributed by atoms with Gasteiger partial charge >= 0.3 is 6.09 Å². The number of rotatable bonds is 7. The number of anilines is 1. The molecule has 6 heterocycles. The molecule has 3 N–H and O–H groups in total. The van der Waals surface area contributed by atoms with Gasteiger partial charge in [-0.25, -0.2) is 14.8 Å². The van der Waals surface area contributed by atoms with E-state index in [4.69, 9.17) is 5.11 Å². The van der Waals surface area contributed by atoms with Crippen LogP contribution in [0.15, 0.2) is 78.1 Å².